The van der Waals surface area contributed by atoms with Crippen LogP contribution in [0.25, 0.3) is 0 Å². The second-order valence-corrected chi connectivity index (χ2v) is 6.43. The van der Waals surface area contributed by atoms with Crippen LogP contribution in [-0.2, 0) is 4.79 Å². The highest BCUT2D eigenvalue weighted by Crippen LogP contribution is 2.13. The van der Waals surface area contributed by atoms with Gasteiger partial charge in [0.15, 0.2) is 6.54 Å². The molecule has 0 radical (unpaired) electrons. The van der Waals surface area contributed by atoms with Crippen molar-refractivity contribution in [2.45, 2.75) is 0 Å². The van der Waals surface area contributed by atoms with E-state index in [0.29, 0.717) is 6.54 Å². The molecule has 1 amide bonds. The van der Waals surface area contributed by atoms with Gasteiger partial charge in [0, 0.05) is 21.5 Å². The minimum absolute atomic E-state index is 0.0230. The molecule has 1 aromatic carbocycles. The van der Waals surface area contributed by atoms with Crippen LogP contribution in [0.4, 0.5) is 0 Å². The second kappa shape index (κ2) is 7.67. The van der Waals surface area contributed by atoms with Crippen LogP contribution in [0.2, 0.25) is 0 Å². The van der Waals surface area contributed by atoms with Crippen molar-refractivity contribution in [1.29, 1.82) is 0 Å². The Morgan fingerprint density at radius 2 is 2.16 bits per heavy atom. The van der Waals surface area contributed by atoms with Gasteiger partial charge in [-0.05, 0) is 6.07 Å². The zero-order valence-electron chi connectivity index (χ0n) is 10.6. The molecule has 0 atom stereocenters. The number of hydrazone groups is 1. The summed E-state index contributed by atoms with van der Waals surface area (Å²) in [5.41, 5.74) is 3.54. The first-order valence-electron chi connectivity index (χ1n) is 6.23. The maximum Gasteiger partial charge on any atom is 0.295 e. The molecule has 19 heavy (non-hydrogen) atoms. The number of nitrogens with zero attached hydrogens (tertiary/aromatic N) is 1. The van der Waals surface area contributed by atoms with E-state index >= 15 is 0 Å². The molecule has 1 heterocycles. The van der Waals surface area contributed by atoms with E-state index in [0.717, 1.165) is 34.6 Å². The average molecular weight is 343 g/mol. The van der Waals surface area contributed by atoms with Crippen molar-refractivity contribution < 1.29 is 9.69 Å². The lowest BCUT2D eigenvalue weighted by Crippen LogP contribution is -3.14. The zero-order valence-corrected chi connectivity index (χ0v) is 13.0. The van der Waals surface area contributed by atoms with Gasteiger partial charge in [-0.2, -0.15) is 16.9 Å². The third kappa shape index (κ3) is 4.97. The largest absolute Gasteiger partial charge is 0.326 e. The second-order valence-electron chi connectivity index (χ2n) is 4.35. The van der Waals surface area contributed by atoms with Gasteiger partial charge in [0.2, 0.25) is 0 Å². The molecule has 0 bridgehead atoms. The molecular formula is C13H17BrN3OS+. The lowest BCUT2D eigenvalue weighted by Gasteiger charge is -2.21. The minimum Gasteiger partial charge on any atom is -0.326 e. The molecule has 0 spiro atoms. The van der Waals surface area contributed by atoms with E-state index in [2.05, 4.69) is 26.5 Å². The number of quaternary nitrogens is 1. The quantitative estimate of drug-likeness (QED) is 0.619. The number of rotatable bonds is 4. The summed E-state index contributed by atoms with van der Waals surface area (Å²) in [5.74, 6) is 2.26. The van der Waals surface area contributed by atoms with Crippen molar-refractivity contribution in [3.8, 4) is 0 Å². The van der Waals surface area contributed by atoms with Crippen molar-refractivity contribution in [3.63, 3.8) is 0 Å². The van der Waals surface area contributed by atoms with Crippen molar-refractivity contribution in [2.75, 3.05) is 31.1 Å². The maximum absolute atomic E-state index is 11.7. The predicted molar refractivity (Wildman–Crippen MR) is 82.8 cm³/mol. The van der Waals surface area contributed by atoms with Crippen LogP contribution in [0, 0.1) is 0 Å². The zero-order chi connectivity index (χ0) is 13.5. The average Bonchev–Trinajstić information content (AvgIpc) is 2.42. The van der Waals surface area contributed by atoms with Gasteiger partial charge in [-0.15, -0.1) is 0 Å². The van der Waals surface area contributed by atoms with E-state index in [1.165, 1.54) is 4.90 Å². The molecule has 2 rings (SSSR count). The third-order valence-electron chi connectivity index (χ3n) is 2.91. The molecule has 6 heteroatoms. The highest BCUT2D eigenvalue weighted by molar-refractivity contribution is 9.10. The SMILES string of the molecule is O=C(C[NH+]1CCSCC1)N/N=C\c1ccccc1Br. The normalized spacial score (nSPS) is 16.7. The Labute approximate surface area is 125 Å². The summed E-state index contributed by atoms with van der Waals surface area (Å²) in [5, 5.41) is 3.99. The van der Waals surface area contributed by atoms with Crippen LogP contribution in [0.1, 0.15) is 5.56 Å². The maximum atomic E-state index is 11.7. The number of hydrogen-bond donors (Lipinski definition) is 2. The van der Waals surface area contributed by atoms with Gasteiger partial charge < -0.3 is 4.90 Å². The molecule has 1 aliphatic rings. The highest BCUT2D eigenvalue weighted by atomic mass is 79.9. The van der Waals surface area contributed by atoms with Crippen LogP contribution in [-0.4, -0.2) is 43.3 Å². The number of hydrogen-bond acceptors (Lipinski definition) is 3. The molecule has 0 saturated carbocycles. The van der Waals surface area contributed by atoms with Crippen LogP contribution >= 0.6 is 27.7 Å². The molecule has 0 aliphatic carbocycles. The van der Waals surface area contributed by atoms with Gasteiger partial charge in [0.25, 0.3) is 5.91 Å². The molecule has 1 aliphatic heterocycles. The van der Waals surface area contributed by atoms with Gasteiger partial charge >= 0.3 is 0 Å². The number of amides is 1. The molecule has 2 N–H and O–H groups in total. The van der Waals surface area contributed by atoms with Gasteiger partial charge in [-0.25, -0.2) is 5.43 Å². The standard InChI is InChI=1S/C13H16BrN3OS/c14-12-4-2-1-3-11(12)9-15-16-13(18)10-17-5-7-19-8-6-17/h1-4,9H,5-8,10H2,(H,16,18)/p+1/b15-9-. The van der Waals surface area contributed by atoms with Crippen molar-refractivity contribution in [1.82, 2.24) is 5.43 Å². The highest BCUT2D eigenvalue weighted by Gasteiger charge is 2.16. The van der Waals surface area contributed by atoms with Crippen LogP contribution in [0.5, 0.6) is 0 Å². The number of nitrogens with one attached hydrogen (secondary N) is 2. The van der Waals surface area contributed by atoms with Crippen LogP contribution in [0.3, 0.4) is 0 Å². The summed E-state index contributed by atoms with van der Waals surface area (Å²) in [4.78, 5) is 13.1. The topological polar surface area (TPSA) is 45.9 Å². The fraction of sp³-hybridized carbons (Fsp3) is 0.385. The molecule has 1 aromatic rings. The molecule has 0 unspecified atom stereocenters. The van der Waals surface area contributed by atoms with E-state index in [-0.39, 0.29) is 5.91 Å². The van der Waals surface area contributed by atoms with Gasteiger partial charge in [-0.1, -0.05) is 34.1 Å². The van der Waals surface area contributed by atoms with Crippen molar-refractivity contribution >= 4 is 39.8 Å². The summed E-state index contributed by atoms with van der Waals surface area (Å²) in [7, 11) is 0. The molecule has 0 aromatic heterocycles. The number of thioether (sulfide) groups is 1. The molecule has 102 valence electrons. The number of carbonyl (C=O) groups excluding carboxylic acids is 1. The summed E-state index contributed by atoms with van der Waals surface area (Å²) >= 11 is 5.39. The number of benzene rings is 1. The lowest BCUT2D eigenvalue weighted by molar-refractivity contribution is -0.888. The Kier molecular flexibility index (Phi) is 5.88. The van der Waals surface area contributed by atoms with E-state index in [4.69, 9.17) is 0 Å². The lowest BCUT2D eigenvalue weighted by atomic mass is 10.2. The molecule has 4 nitrogen and oxygen atoms in total. The summed E-state index contributed by atoms with van der Waals surface area (Å²) in [6, 6.07) is 7.76. The Bertz CT molecular complexity index is 461. The first kappa shape index (κ1) is 14.6. The smallest absolute Gasteiger partial charge is 0.295 e. The number of carbonyl (C=O) groups is 1. The van der Waals surface area contributed by atoms with Gasteiger partial charge in [0.05, 0.1) is 19.3 Å². The fourth-order valence-electron chi connectivity index (χ4n) is 1.86. The Balaban J connectivity index is 1.78. The summed E-state index contributed by atoms with van der Waals surface area (Å²) < 4.78 is 0.965. The third-order valence-corrected chi connectivity index (χ3v) is 4.62. The first-order chi connectivity index (χ1) is 9.25. The Hall–Kier alpha value is -0.850. The van der Waals surface area contributed by atoms with E-state index in [1.54, 1.807) is 6.21 Å². The van der Waals surface area contributed by atoms with Gasteiger partial charge in [0.1, 0.15) is 0 Å². The first-order valence-corrected chi connectivity index (χ1v) is 8.18. The Morgan fingerprint density at radius 1 is 1.42 bits per heavy atom. The predicted octanol–water partition coefficient (Wildman–Crippen LogP) is 0.531. The van der Waals surface area contributed by atoms with Crippen molar-refractivity contribution in [2.24, 2.45) is 5.10 Å². The van der Waals surface area contributed by atoms with Crippen LogP contribution in [0.15, 0.2) is 33.8 Å². The molecular weight excluding hydrogens is 326 g/mol. The van der Waals surface area contributed by atoms with Gasteiger partial charge in [-0.3, -0.25) is 4.79 Å². The Morgan fingerprint density at radius 3 is 2.89 bits per heavy atom. The van der Waals surface area contributed by atoms with E-state index in [1.807, 2.05) is 36.0 Å². The summed E-state index contributed by atoms with van der Waals surface area (Å²) in [6.45, 7) is 2.63. The molecule has 1 fully saturated rings. The number of halogens is 1. The summed E-state index contributed by atoms with van der Waals surface area (Å²) in [6.07, 6.45) is 1.66. The van der Waals surface area contributed by atoms with E-state index in [9.17, 15) is 4.79 Å². The molecule has 1 saturated heterocycles. The minimum atomic E-state index is -0.0230. The van der Waals surface area contributed by atoms with Crippen LogP contribution < -0.4 is 10.3 Å². The van der Waals surface area contributed by atoms with Crippen molar-refractivity contribution in [3.05, 3.63) is 34.3 Å². The fourth-order valence-corrected chi connectivity index (χ4v) is 3.31. The van der Waals surface area contributed by atoms with E-state index < -0.39 is 0 Å². The monoisotopic (exact) mass is 342 g/mol.